The lowest BCUT2D eigenvalue weighted by atomic mass is 10.2. The number of hydrogen-bond acceptors (Lipinski definition) is 3. The van der Waals surface area contributed by atoms with Gasteiger partial charge in [0.15, 0.2) is 0 Å². The fourth-order valence-corrected chi connectivity index (χ4v) is 2.53. The molecule has 132 valence electrons. The van der Waals surface area contributed by atoms with Crippen LogP contribution in [0.5, 0.6) is 5.75 Å². The van der Waals surface area contributed by atoms with Gasteiger partial charge in [0, 0.05) is 22.7 Å². The van der Waals surface area contributed by atoms with Gasteiger partial charge in [0.2, 0.25) is 0 Å². The Morgan fingerprint density at radius 3 is 2.60 bits per heavy atom. The van der Waals surface area contributed by atoms with Gasteiger partial charge in [-0.3, -0.25) is 0 Å². The molecular formula is C19H17Cl2FNO2-. The Balaban J connectivity index is 0.00000225. The quantitative estimate of drug-likeness (QED) is 0.680. The number of ether oxygens (including phenoxy) is 1. The average Bonchev–Trinajstić information content (AvgIpc) is 3.09. The van der Waals surface area contributed by atoms with Gasteiger partial charge in [-0.1, -0.05) is 29.8 Å². The fraction of sp³-hybridized carbons (Fsp3) is 0.158. The highest BCUT2D eigenvalue weighted by molar-refractivity contribution is 6.30. The van der Waals surface area contributed by atoms with Crippen molar-refractivity contribution in [3.05, 3.63) is 88.6 Å². The molecule has 0 spiro atoms. The molecule has 3 rings (SSSR count). The van der Waals surface area contributed by atoms with E-state index in [-0.39, 0.29) is 24.8 Å². The van der Waals surface area contributed by atoms with Crippen LogP contribution in [0.4, 0.5) is 4.39 Å². The second-order valence-electron chi connectivity index (χ2n) is 5.32. The van der Waals surface area contributed by atoms with E-state index in [4.69, 9.17) is 20.8 Å². The topological polar surface area (TPSA) is 34.4 Å². The summed E-state index contributed by atoms with van der Waals surface area (Å²) >= 11 is 6.08. The van der Waals surface area contributed by atoms with E-state index in [1.54, 1.807) is 36.6 Å². The van der Waals surface area contributed by atoms with E-state index in [1.165, 1.54) is 6.07 Å². The summed E-state index contributed by atoms with van der Waals surface area (Å²) in [6, 6.07) is 15.7. The van der Waals surface area contributed by atoms with Gasteiger partial charge in [-0.15, -0.1) is 0 Å². The van der Waals surface area contributed by atoms with Crippen molar-refractivity contribution in [3.63, 3.8) is 0 Å². The van der Waals surface area contributed by atoms with E-state index < -0.39 is 0 Å². The van der Waals surface area contributed by atoms with Crippen LogP contribution in [0.15, 0.2) is 65.3 Å². The molecule has 2 aromatic carbocycles. The van der Waals surface area contributed by atoms with Crippen LogP contribution in [-0.4, -0.2) is 0 Å². The second-order valence-corrected chi connectivity index (χ2v) is 5.75. The molecule has 0 bridgehead atoms. The van der Waals surface area contributed by atoms with Gasteiger partial charge in [0.1, 0.15) is 23.9 Å². The van der Waals surface area contributed by atoms with Gasteiger partial charge in [0.05, 0.1) is 12.8 Å². The Labute approximate surface area is 157 Å². The summed E-state index contributed by atoms with van der Waals surface area (Å²) in [4.78, 5) is 0. The molecule has 6 heteroatoms. The minimum atomic E-state index is -0.274. The molecule has 0 aliphatic rings. The van der Waals surface area contributed by atoms with Gasteiger partial charge in [-0.05, 0) is 36.4 Å². The monoisotopic (exact) mass is 380 g/mol. The Morgan fingerprint density at radius 1 is 1.00 bits per heavy atom. The molecule has 1 heterocycles. The van der Waals surface area contributed by atoms with E-state index in [0.717, 1.165) is 11.3 Å². The fourth-order valence-electron chi connectivity index (χ4n) is 2.33. The first-order chi connectivity index (χ1) is 11.7. The van der Waals surface area contributed by atoms with Gasteiger partial charge in [-0.2, -0.15) is 0 Å². The zero-order valence-electron chi connectivity index (χ0n) is 13.3. The van der Waals surface area contributed by atoms with Crippen LogP contribution in [-0.2, 0) is 19.7 Å². The number of nitrogens with one attached hydrogen (secondary N) is 1. The third-order valence-corrected chi connectivity index (χ3v) is 3.79. The van der Waals surface area contributed by atoms with Crippen LogP contribution in [0.25, 0.3) is 0 Å². The number of rotatable bonds is 7. The molecule has 1 N–H and O–H groups in total. The van der Waals surface area contributed by atoms with Crippen LogP contribution >= 0.6 is 11.6 Å². The molecule has 0 fully saturated rings. The van der Waals surface area contributed by atoms with Gasteiger partial charge in [0.25, 0.3) is 0 Å². The maximum absolute atomic E-state index is 13.7. The average molecular weight is 381 g/mol. The lowest BCUT2D eigenvalue weighted by molar-refractivity contribution is -0.00000623. The molecule has 0 unspecified atom stereocenters. The Kier molecular flexibility index (Phi) is 7.31. The first-order valence-corrected chi connectivity index (χ1v) is 7.98. The Hall–Kier alpha value is -2.01. The lowest BCUT2D eigenvalue weighted by Gasteiger charge is -2.13. The summed E-state index contributed by atoms with van der Waals surface area (Å²) in [5.74, 6) is 1.25. The highest BCUT2D eigenvalue weighted by Gasteiger charge is 2.08. The van der Waals surface area contributed by atoms with E-state index in [2.05, 4.69) is 5.32 Å². The van der Waals surface area contributed by atoms with Crippen molar-refractivity contribution in [2.45, 2.75) is 19.7 Å². The van der Waals surface area contributed by atoms with Crippen molar-refractivity contribution >= 4 is 11.6 Å². The first kappa shape index (κ1) is 19.3. The summed E-state index contributed by atoms with van der Waals surface area (Å²) in [6.07, 6.45) is 1.64. The standard InChI is InChI=1S/C19H17ClFNO2.ClH/c20-16-7-8-19(24-13-14-4-1-2-6-18(14)21)15(10-16)11-22-12-17-5-3-9-23-17;/h1-10,22H,11-13H2;1H/p-1. The first-order valence-electron chi connectivity index (χ1n) is 7.60. The molecule has 3 aromatic rings. The minimum Gasteiger partial charge on any atom is -1.00 e. The van der Waals surface area contributed by atoms with Crippen molar-refractivity contribution in [2.24, 2.45) is 0 Å². The summed E-state index contributed by atoms with van der Waals surface area (Å²) in [5, 5.41) is 3.90. The highest BCUT2D eigenvalue weighted by atomic mass is 35.5. The van der Waals surface area contributed by atoms with Crippen molar-refractivity contribution in [1.29, 1.82) is 0 Å². The van der Waals surface area contributed by atoms with Gasteiger partial charge < -0.3 is 26.9 Å². The van der Waals surface area contributed by atoms with E-state index >= 15 is 0 Å². The summed E-state index contributed by atoms with van der Waals surface area (Å²) in [6.45, 7) is 1.33. The normalized spacial score (nSPS) is 10.3. The smallest absolute Gasteiger partial charge is 0.129 e. The molecular weight excluding hydrogens is 364 g/mol. The third-order valence-electron chi connectivity index (χ3n) is 3.56. The molecule has 0 saturated carbocycles. The van der Waals surface area contributed by atoms with E-state index in [9.17, 15) is 4.39 Å². The Morgan fingerprint density at radius 2 is 1.84 bits per heavy atom. The minimum absolute atomic E-state index is 0. The molecule has 25 heavy (non-hydrogen) atoms. The van der Waals surface area contributed by atoms with Crippen molar-refractivity contribution in [2.75, 3.05) is 0 Å². The third kappa shape index (κ3) is 5.49. The zero-order chi connectivity index (χ0) is 16.8. The number of halogens is 3. The second kappa shape index (κ2) is 9.47. The maximum Gasteiger partial charge on any atom is 0.129 e. The largest absolute Gasteiger partial charge is 1.00 e. The van der Waals surface area contributed by atoms with Crippen LogP contribution in [0, 0.1) is 5.82 Å². The SMILES string of the molecule is Fc1ccccc1COc1ccc(Cl)cc1CNCc1ccco1.[Cl-]. The van der Waals surface area contributed by atoms with Crippen molar-refractivity contribution < 1.29 is 26.0 Å². The molecule has 0 amide bonds. The molecule has 0 aliphatic carbocycles. The summed E-state index contributed by atoms with van der Waals surface area (Å²) in [7, 11) is 0. The Bertz CT molecular complexity index is 794. The van der Waals surface area contributed by atoms with Crippen molar-refractivity contribution in [1.82, 2.24) is 5.32 Å². The van der Waals surface area contributed by atoms with Crippen LogP contribution in [0.3, 0.4) is 0 Å². The van der Waals surface area contributed by atoms with Crippen LogP contribution in [0.2, 0.25) is 5.02 Å². The van der Waals surface area contributed by atoms with E-state index in [1.807, 2.05) is 18.2 Å². The molecule has 3 nitrogen and oxygen atoms in total. The zero-order valence-corrected chi connectivity index (χ0v) is 14.9. The number of furan rings is 1. The highest BCUT2D eigenvalue weighted by Crippen LogP contribution is 2.24. The lowest BCUT2D eigenvalue weighted by Crippen LogP contribution is -3.00. The molecule has 0 aliphatic heterocycles. The predicted molar refractivity (Wildman–Crippen MR) is 91.4 cm³/mol. The molecule has 1 aromatic heterocycles. The molecule has 0 saturated heterocycles. The summed E-state index contributed by atoms with van der Waals surface area (Å²) < 4.78 is 24.8. The van der Waals surface area contributed by atoms with Crippen molar-refractivity contribution in [3.8, 4) is 5.75 Å². The van der Waals surface area contributed by atoms with E-state index in [0.29, 0.717) is 29.4 Å². The maximum atomic E-state index is 13.7. The van der Waals surface area contributed by atoms with Crippen LogP contribution in [0.1, 0.15) is 16.9 Å². The van der Waals surface area contributed by atoms with Gasteiger partial charge in [-0.25, -0.2) is 4.39 Å². The summed E-state index contributed by atoms with van der Waals surface area (Å²) in [5.41, 5.74) is 1.42. The van der Waals surface area contributed by atoms with Gasteiger partial charge >= 0.3 is 0 Å². The van der Waals surface area contributed by atoms with Crippen LogP contribution < -0.4 is 22.5 Å². The molecule has 0 radical (unpaired) electrons. The number of benzene rings is 2. The number of hydrogen-bond donors (Lipinski definition) is 1. The predicted octanol–water partition coefficient (Wildman–Crippen LogP) is 1.94. The molecule has 0 atom stereocenters.